The van der Waals surface area contributed by atoms with E-state index in [9.17, 15) is 9.59 Å². The van der Waals surface area contributed by atoms with Gasteiger partial charge in [-0.25, -0.2) is 0 Å². The first kappa shape index (κ1) is 17.5. The number of aryl methyl sites for hydroxylation is 1. The highest BCUT2D eigenvalue weighted by Gasteiger charge is 2.31. The van der Waals surface area contributed by atoms with E-state index >= 15 is 0 Å². The molecule has 1 atom stereocenters. The molecule has 5 heteroatoms. The number of amides is 2. The summed E-state index contributed by atoms with van der Waals surface area (Å²) in [6.45, 7) is 7.92. The molecule has 3 rings (SSSR count). The summed E-state index contributed by atoms with van der Waals surface area (Å²) in [5.74, 6) is 1.03. The molecule has 0 bridgehead atoms. The lowest BCUT2D eigenvalue weighted by Crippen LogP contribution is -2.35. The summed E-state index contributed by atoms with van der Waals surface area (Å²) >= 11 is 1.64. The molecular formula is C19H28N2O2S. The fourth-order valence-electron chi connectivity index (χ4n) is 3.31. The van der Waals surface area contributed by atoms with Gasteiger partial charge in [0.2, 0.25) is 5.91 Å². The first-order valence-electron chi connectivity index (χ1n) is 9.02. The summed E-state index contributed by atoms with van der Waals surface area (Å²) in [6.07, 6.45) is 5.40. The summed E-state index contributed by atoms with van der Waals surface area (Å²) < 4.78 is 0. The number of hydrogen-bond acceptors (Lipinski definition) is 3. The summed E-state index contributed by atoms with van der Waals surface area (Å²) in [4.78, 5) is 26.0. The van der Waals surface area contributed by atoms with E-state index in [0.717, 1.165) is 30.6 Å². The van der Waals surface area contributed by atoms with E-state index in [0.29, 0.717) is 24.4 Å². The number of carbonyl (C=O) groups is 2. The first-order chi connectivity index (χ1) is 11.3. The summed E-state index contributed by atoms with van der Waals surface area (Å²) in [5, 5.41) is 5.79. The van der Waals surface area contributed by atoms with Crippen LogP contribution in [0, 0.1) is 17.3 Å². The Kier molecular flexibility index (Phi) is 5.00. The lowest BCUT2D eigenvalue weighted by Gasteiger charge is -2.33. The minimum absolute atomic E-state index is 0.0117. The van der Waals surface area contributed by atoms with Crippen LogP contribution in [0.1, 0.15) is 60.1 Å². The number of carbonyl (C=O) groups excluding carboxylic acids is 2. The minimum Gasteiger partial charge on any atom is -0.354 e. The maximum atomic E-state index is 12.3. The second-order valence-electron chi connectivity index (χ2n) is 8.19. The van der Waals surface area contributed by atoms with Crippen molar-refractivity contribution >= 4 is 23.2 Å². The first-order valence-corrected chi connectivity index (χ1v) is 9.83. The Hall–Kier alpha value is -1.36. The molecule has 1 aromatic heterocycles. The predicted octanol–water partition coefficient (Wildman–Crippen LogP) is 3.16. The van der Waals surface area contributed by atoms with E-state index in [4.69, 9.17) is 0 Å². The SMILES string of the molecule is CC(C)(C)C1CCc2sc(C(=O)NCCNC(=O)C3CC3)cc2C1. The van der Waals surface area contributed by atoms with Gasteiger partial charge in [0.15, 0.2) is 0 Å². The van der Waals surface area contributed by atoms with Crippen LogP contribution in [0.5, 0.6) is 0 Å². The second-order valence-corrected chi connectivity index (χ2v) is 9.32. The Balaban J connectivity index is 1.49. The van der Waals surface area contributed by atoms with Crippen LogP contribution in [-0.4, -0.2) is 24.9 Å². The quantitative estimate of drug-likeness (QED) is 0.803. The standard InChI is InChI=1S/C19H28N2O2S/c1-19(2,3)14-6-7-15-13(10-14)11-16(24-15)18(23)21-9-8-20-17(22)12-4-5-12/h11-12,14H,4-10H2,1-3H3,(H,20,22)(H,21,23). The number of thiophene rings is 1. The molecule has 1 heterocycles. The Labute approximate surface area is 148 Å². The molecule has 0 spiro atoms. The highest BCUT2D eigenvalue weighted by atomic mass is 32.1. The average Bonchev–Trinajstić information content (AvgIpc) is 3.28. The lowest BCUT2D eigenvalue weighted by atomic mass is 9.72. The zero-order valence-electron chi connectivity index (χ0n) is 14.9. The van der Waals surface area contributed by atoms with Gasteiger partial charge in [-0.05, 0) is 55.1 Å². The molecule has 1 unspecified atom stereocenters. The van der Waals surface area contributed by atoms with Crippen LogP contribution in [0.3, 0.4) is 0 Å². The number of rotatable bonds is 5. The normalized spacial score (nSPS) is 20.4. The second kappa shape index (κ2) is 6.87. The van der Waals surface area contributed by atoms with Crippen LogP contribution in [0.25, 0.3) is 0 Å². The van der Waals surface area contributed by atoms with Crippen molar-refractivity contribution in [3.63, 3.8) is 0 Å². The predicted molar refractivity (Wildman–Crippen MR) is 97.4 cm³/mol. The Morgan fingerprint density at radius 3 is 2.54 bits per heavy atom. The van der Waals surface area contributed by atoms with Gasteiger partial charge in [-0.3, -0.25) is 9.59 Å². The van der Waals surface area contributed by atoms with Crippen molar-refractivity contribution in [2.75, 3.05) is 13.1 Å². The molecule has 1 fully saturated rings. The van der Waals surface area contributed by atoms with Gasteiger partial charge in [0.1, 0.15) is 0 Å². The van der Waals surface area contributed by atoms with Crippen LogP contribution in [0.2, 0.25) is 0 Å². The van der Waals surface area contributed by atoms with Crippen LogP contribution in [-0.2, 0) is 17.6 Å². The van der Waals surface area contributed by atoms with Gasteiger partial charge in [0.25, 0.3) is 5.91 Å². The molecule has 2 N–H and O–H groups in total. The third-order valence-corrected chi connectivity index (χ3v) is 6.43. The summed E-state index contributed by atoms with van der Waals surface area (Å²) in [5.41, 5.74) is 1.68. The maximum Gasteiger partial charge on any atom is 0.261 e. The molecule has 132 valence electrons. The fourth-order valence-corrected chi connectivity index (χ4v) is 4.44. The van der Waals surface area contributed by atoms with Crippen molar-refractivity contribution in [2.45, 2.75) is 52.9 Å². The molecule has 0 aromatic carbocycles. The molecule has 2 amide bonds. The zero-order valence-corrected chi connectivity index (χ0v) is 15.7. The highest BCUT2D eigenvalue weighted by Crippen LogP contribution is 2.40. The Bertz CT molecular complexity index is 626. The molecule has 0 saturated heterocycles. The van der Waals surface area contributed by atoms with Gasteiger partial charge in [-0.15, -0.1) is 11.3 Å². The number of hydrogen-bond donors (Lipinski definition) is 2. The van der Waals surface area contributed by atoms with Crippen molar-refractivity contribution in [2.24, 2.45) is 17.3 Å². The monoisotopic (exact) mass is 348 g/mol. The smallest absolute Gasteiger partial charge is 0.261 e. The fraction of sp³-hybridized carbons (Fsp3) is 0.684. The Morgan fingerprint density at radius 1 is 1.17 bits per heavy atom. The van der Waals surface area contributed by atoms with Crippen molar-refractivity contribution in [1.29, 1.82) is 0 Å². The van der Waals surface area contributed by atoms with Gasteiger partial charge in [0, 0.05) is 23.9 Å². The largest absolute Gasteiger partial charge is 0.354 e. The molecule has 1 saturated carbocycles. The summed E-state index contributed by atoms with van der Waals surface area (Å²) in [6, 6.07) is 2.08. The van der Waals surface area contributed by atoms with Crippen molar-refractivity contribution < 1.29 is 9.59 Å². The lowest BCUT2D eigenvalue weighted by molar-refractivity contribution is -0.122. The van der Waals surface area contributed by atoms with Crippen LogP contribution >= 0.6 is 11.3 Å². The van der Waals surface area contributed by atoms with Crippen molar-refractivity contribution in [3.05, 3.63) is 21.4 Å². The van der Waals surface area contributed by atoms with Crippen LogP contribution < -0.4 is 10.6 Å². The van der Waals surface area contributed by atoms with Gasteiger partial charge >= 0.3 is 0 Å². The molecule has 4 nitrogen and oxygen atoms in total. The zero-order chi connectivity index (χ0) is 17.3. The highest BCUT2D eigenvalue weighted by molar-refractivity contribution is 7.14. The average molecular weight is 349 g/mol. The van der Waals surface area contributed by atoms with E-state index in [1.807, 2.05) is 0 Å². The Morgan fingerprint density at radius 2 is 1.88 bits per heavy atom. The molecule has 24 heavy (non-hydrogen) atoms. The molecule has 2 aliphatic carbocycles. The van der Waals surface area contributed by atoms with Gasteiger partial charge in [-0.1, -0.05) is 20.8 Å². The van der Waals surface area contributed by atoms with Gasteiger partial charge in [0.05, 0.1) is 4.88 Å². The maximum absolute atomic E-state index is 12.3. The number of fused-ring (bicyclic) bond motifs is 1. The van der Waals surface area contributed by atoms with Gasteiger partial charge < -0.3 is 10.6 Å². The van der Waals surface area contributed by atoms with Crippen molar-refractivity contribution in [3.8, 4) is 0 Å². The van der Waals surface area contributed by atoms with E-state index in [1.54, 1.807) is 11.3 Å². The van der Waals surface area contributed by atoms with Crippen LogP contribution in [0.4, 0.5) is 0 Å². The molecule has 0 aliphatic heterocycles. The molecular weight excluding hydrogens is 320 g/mol. The third-order valence-electron chi connectivity index (χ3n) is 5.19. The van der Waals surface area contributed by atoms with Crippen LogP contribution in [0.15, 0.2) is 6.07 Å². The molecule has 2 aliphatic rings. The topological polar surface area (TPSA) is 58.2 Å². The van der Waals surface area contributed by atoms with E-state index in [1.165, 1.54) is 16.9 Å². The van der Waals surface area contributed by atoms with E-state index in [2.05, 4.69) is 37.5 Å². The number of nitrogens with one attached hydrogen (secondary N) is 2. The molecule has 1 aromatic rings. The van der Waals surface area contributed by atoms with E-state index in [-0.39, 0.29) is 17.7 Å². The van der Waals surface area contributed by atoms with Gasteiger partial charge in [-0.2, -0.15) is 0 Å². The minimum atomic E-state index is -0.0117. The molecule has 0 radical (unpaired) electrons. The van der Waals surface area contributed by atoms with E-state index < -0.39 is 0 Å². The van der Waals surface area contributed by atoms with Crippen molar-refractivity contribution in [1.82, 2.24) is 10.6 Å². The summed E-state index contributed by atoms with van der Waals surface area (Å²) in [7, 11) is 0. The third kappa shape index (κ3) is 4.18.